The number of nitrogens with one attached hydrogen (secondary N) is 1. The van der Waals surface area contributed by atoms with Crippen molar-refractivity contribution < 1.29 is 4.79 Å². The van der Waals surface area contributed by atoms with E-state index in [0.717, 1.165) is 41.1 Å². The van der Waals surface area contributed by atoms with Crippen molar-refractivity contribution in [2.45, 2.75) is 25.4 Å². The number of carbonyl (C=O) groups excluding carboxylic acids is 1. The van der Waals surface area contributed by atoms with Gasteiger partial charge in [0.15, 0.2) is 0 Å². The normalized spacial score (nSPS) is 16.0. The number of nitrogens with zero attached hydrogens (tertiary/aromatic N) is 1. The van der Waals surface area contributed by atoms with E-state index in [-0.39, 0.29) is 11.9 Å². The SMILES string of the molecule is O=C(NC1CCN(Cc2ccc(Cl)cc2)CC1)c1ccc(Cl)cc1I. The molecule has 0 bridgehead atoms. The van der Waals surface area contributed by atoms with Gasteiger partial charge in [-0.15, -0.1) is 0 Å². The van der Waals surface area contributed by atoms with Crippen LogP contribution < -0.4 is 5.32 Å². The van der Waals surface area contributed by atoms with Crippen molar-refractivity contribution in [3.8, 4) is 0 Å². The minimum absolute atomic E-state index is 0.0165. The smallest absolute Gasteiger partial charge is 0.252 e. The molecule has 3 rings (SSSR count). The van der Waals surface area contributed by atoms with Crippen molar-refractivity contribution in [2.24, 2.45) is 0 Å². The number of likely N-dealkylation sites (tertiary alicyclic amines) is 1. The first-order valence-electron chi connectivity index (χ1n) is 8.24. The maximum absolute atomic E-state index is 12.5. The minimum atomic E-state index is -0.0165. The molecular weight excluding hydrogens is 470 g/mol. The molecule has 1 aliphatic heterocycles. The summed E-state index contributed by atoms with van der Waals surface area (Å²) in [5.41, 5.74) is 1.95. The Morgan fingerprint density at radius 1 is 1.08 bits per heavy atom. The Morgan fingerprint density at radius 3 is 2.36 bits per heavy atom. The lowest BCUT2D eigenvalue weighted by molar-refractivity contribution is 0.0908. The molecule has 1 N–H and O–H groups in total. The molecule has 0 atom stereocenters. The van der Waals surface area contributed by atoms with Crippen LogP contribution in [-0.4, -0.2) is 29.9 Å². The van der Waals surface area contributed by atoms with Crippen LogP contribution in [0.4, 0.5) is 0 Å². The van der Waals surface area contributed by atoms with Crippen LogP contribution >= 0.6 is 45.8 Å². The van der Waals surface area contributed by atoms with Crippen molar-refractivity contribution in [3.63, 3.8) is 0 Å². The van der Waals surface area contributed by atoms with Crippen molar-refractivity contribution in [3.05, 3.63) is 67.2 Å². The van der Waals surface area contributed by atoms with E-state index in [0.29, 0.717) is 10.6 Å². The number of amides is 1. The largest absolute Gasteiger partial charge is 0.349 e. The van der Waals surface area contributed by atoms with E-state index in [2.05, 4.69) is 44.9 Å². The lowest BCUT2D eigenvalue weighted by atomic mass is 10.0. The number of piperidine rings is 1. The van der Waals surface area contributed by atoms with Gasteiger partial charge in [-0.1, -0.05) is 35.3 Å². The summed E-state index contributed by atoms with van der Waals surface area (Å²) < 4.78 is 0.878. The standard InChI is InChI=1S/C19H19Cl2IN2O/c20-14-3-1-13(2-4-14)12-24-9-7-16(8-10-24)23-19(25)17-6-5-15(21)11-18(17)22/h1-6,11,16H,7-10,12H2,(H,23,25). The third-order valence-electron chi connectivity index (χ3n) is 4.42. The first-order valence-corrected chi connectivity index (χ1v) is 10.1. The summed E-state index contributed by atoms with van der Waals surface area (Å²) in [6.07, 6.45) is 1.92. The fourth-order valence-electron chi connectivity index (χ4n) is 3.02. The molecule has 0 aromatic heterocycles. The summed E-state index contributed by atoms with van der Waals surface area (Å²) in [7, 11) is 0. The Bertz CT molecular complexity index is 744. The van der Waals surface area contributed by atoms with Gasteiger partial charge in [-0.3, -0.25) is 9.69 Å². The van der Waals surface area contributed by atoms with Gasteiger partial charge in [-0.25, -0.2) is 0 Å². The lowest BCUT2D eigenvalue weighted by Gasteiger charge is -2.32. The molecule has 1 amide bonds. The van der Waals surface area contributed by atoms with Gasteiger partial charge in [0.2, 0.25) is 0 Å². The van der Waals surface area contributed by atoms with Gasteiger partial charge in [0, 0.05) is 39.3 Å². The number of rotatable bonds is 4. The third kappa shape index (κ3) is 5.33. The van der Waals surface area contributed by atoms with Gasteiger partial charge in [-0.05, 0) is 71.3 Å². The van der Waals surface area contributed by atoms with Gasteiger partial charge < -0.3 is 5.32 Å². The summed E-state index contributed by atoms with van der Waals surface area (Å²) in [6, 6.07) is 13.6. The Balaban J connectivity index is 1.50. The fraction of sp³-hybridized carbons (Fsp3) is 0.316. The molecule has 0 unspecified atom stereocenters. The molecule has 132 valence electrons. The second kappa shape index (κ2) is 8.71. The molecule has 0 aliphatic carbocycles. The maximum Gasteiger partial charge on any atom is 0.252 e. The second-order valence-corrected chi connectivity index (χ2v) is 8.31. The van der Waals surface area contributed by atoms with Crippen LogP contribution in [0.5, 0.6) is 0 Å². The van der Waals surface area contributed by atoms with Crippen LogP contribution in [0.15, 0.2) is 42.5 Å². The third-order valence-corrected chi connectivity index (χ3v) is 5.80. The Hall–Kier alpha value is -0.820. The summed E-state index contributed by atoms with van der Waals surface area (Å²) in [6.45, 7) is 2.88. The predicted octanol–water partition coefficient (Wildman–Crippen LogP) is 4.99. The van der Waals surface area contributed by atoms with Gasteiger partial charge in [-0.2, -0.15) is 0 Å². The molecular formula is C19H19Cl2IN2O. The molecule has 25 heavy (non-hydrogen) atoms. The van der Waals surface area contributed by atoms with Gasteiger partial charge in [0.05, 0.1) is 5.56 Å². The first-order chi connectivity index (χ1) is 12.0. The summed E-state index contributed by atoms with van der Waals surface area (Å²) in [5, 5.41) is 4.57. The molecule has 1 aliphatic rings. The topological polar surface area (TPSA) is 32.3 Å². The minimum Gasteiger partial charge on any atom is -0.349 e. The number of carbonyl (C=O) groups is 1. The molecule has 3 nitrogen and oxygen atoms in total. The van der Waals surface area contributed by atoms with Crippen LogP contribution in [0, 0.1) is 3.57 Å². The van der Waals surface area contributed by atoms with Crippen LogP contribution in [0.3, 0.4) is 0 Å². The monoisotopic (exact) mass is 488 g/mol. The number of hydrogen-bond acceptors (Lipinski definition) is 2. The highest BCUT2D eigenvalue weighted by atomic mass is 127. The van der Waals surface area contributed by atoms with E-state index in [9.17, 15) is 4.79 Å². The Kier molecular flexibility index (Phi) is 6.61. The van der Waals surface area contributed by atoms with Crippen LogP contribution in [0.25, 0.3) is 0 Å². The molecule has 1 heterocycles. The van der Waals surface area contributed by atoms with Crippen molar-refractivity contribution in [1.82, 2.24) is 10.2 Å². The second-order valence-electron chi connectivity index (χ2n) is 6.27. The van der Waals surface area contributed by atoms with E-state index < -0.39 is 0 Å². The Labute approximate surface area is 171 Å². The molecule has 1 saturated heterocycles. The highest BCUT2D eigenvalue weighted by Gasteiger charge is 2.22. The average molecular weight is 489 g/mol. The lowest BCUT2D eigenvalue weighted by Crippen LogP contribution is -2.44. The van der Waals surface area contributed by atoms with Gasteiger partial charge in [0.1, 0.15) is 0 Å². The molecule has 6 heteroatoms. The number of halogens is 3. The zero-order valence-corrected chi connectivity index (χ0v) is 17.3. The zero-order chi connectivity index (χ0) is 17.8. The van der Waals surface area contributed by atoms with E-state index in [4.69, 9.17) is 23.2 Å². The highest BCUT2D eigenvalue weighted by molar-refractivity contribution is 14.1. The van der Waals surface area contributed by atoms with Crippen molar-refractivity contribution in [1.29, 1.82) is 0 Å². The molecule has 0 radical (unpaired) electrons. The van der Waals surface area contributed by atoms with E-state index in [1.165, 1.54) is 5.56 Å². The molecule has 1 fully saturated rings. The van der Waals surface area contributed by atoms with Crippen LogP contribution in [0.1, 0.15) is 28.8 Å². The van der Waals surface area contributed by atoms with Crippen molar-refractivity contribution in [2.75, 3.05) is 13.1 Å². The highest BCUT2D eigenvalue weighted by Crippen LogP contribution is 2.20. The van der Waals surface area contributed by atoms with E-state index in [1.54, 1.807) is 12.1 Å². The average Bonchev–Trinajstić information content (AvgIpc) is 2.58. The fourth-order valence-corrected chi connectivity index (χ4v) is 4.26. The molecule has 2 aromatic carbocycles. The van der Waals surface area contributed by atoms with E-state index >= 15 is 0 Å². The van der Waals surface area contributed by atoms with Gasteiger partial charge >= 0.3 is 0 Å². The quantitative estimate of drug-likeness (QED) is 0.614. The number of hydrogen-bond donors (Lipinski definition) is 1. The van der Waals surface area contributed by atoms with Crippen LogP contribution in [-0.2, 0) is 6.54 Å². The predicted molar refractivity (Wildman–Crippen MR) is 111 cm³/mol. The number of benzene rings is 2. The molecule has 0 spiro atoms. The summed E-state index contributed by atoms with van der Waals surface area (Å²) in [4.78, 5) is 14.9. The first kappa shape index (κ1) is 19.0. The Morgan fingerprint density at radius 2 is 1.72 bits per heavy atom. The van der Waals surface area contributed by atoms with Gasteiger partial charge in [0.25, 0.3) is 5.91 Å². The summed E-state index contributed by atoms with van der Waals surface area (Å²) in [5.74, 6) is -0.0165. The van der Waals surface area contributed by atoms with E-state index in [1.807, 2.05) is 18.2 Å². The van der Waals surface area contributed by atoms with Crippen LogP contribution in [0.2, 0.25) is 10.0 Å². The molecule has 2 aromatic rings. The molecule has 0 saturated carbocycles. The van der Waals surface area contributed by atoms with Crippen molar-refractivity contribution >= 4 is 51.7 Å². The zero-order valence-electron chi connectivity index (χ0n) is 13.6. The summed E-state index contributed by atoms with van der Waals surface area (Å²) >= 11 is 14.0. The maximum atomic E-state index is 12.5.